The SMILES string of the molecule is N#CCc1cccc(Cl)c1-c1cc(Cl)cc(Cl)c1Cl. The fourth-order valence-electron chi connectivity index (χ4n) is 1.84. The second kappa shape index (κ2) is 6.03. The van der Waals surface area contributed by atoms with Gasteiger partial charge in [-0.1, -0.05) is 58.5 Å². The molecule has 0 unspecified atom stereocenters. The van der Waals surface area contributed by atoms with E-state index in [-0.39, 0.29) is 6.42 Å². The molecule has 5 heteroatoms. The third-order valence-corrected chi connectivity index (χ3v) is 3.97. The summed E-state index contributed by atoms with van der Waals surface area (Å²) in [7, 11) is 0. The van der Waals surface area contributed by atoms with Crippen LogP contribution < -0.4 is 0 Å². The van der Waals surface area contributed by atoms with Gasteiger partial charge >= 0.3 is 0 Å². The van der Waals surface area contributed by atoms with Crippen LogP contribution in [0.3, 0.4) is 0 Å². The Balaban J connectivity index is 2.75. The van der Waals surface area contributed by atoms with E-state index in [1.54, 1.807) is 24.3 Å². The summed E-state index contributed by atoms with van der Waals surface area (Å²) in [6.45, 7) is 0. The molecule has 1 nitrogen and oxygen atoms in total. The van der Waals surface area contributed by atoms with Gasteiger partial charge in [0, 0.05) is 21.2 Å². The number of nitrogens with zero attached hydrogens (tertiary/aromatic N) is 1. The lowest BCUT2D eigenvalue weighted by Gasteiger charge is -2.12. The standard InChI is InChI=1S/C14H7Cl4N/c15-9-6-10(14(18)12(17)7-9)13-8(4-5-19)2-1-3-11(13)16/h1-3,6-7H,4H2. The third-order valence-electron chi connectivity index (χ3n) is 2.63. The molecule has 19 heavy (non-hydrogen) atoms. The number of benzene rings is 2. The zero-order valence-corrected chi connectivity index (χ0v) is 12.6. The van der Waals surface area contributed by atoms with Crippen molar-refractivity contribution in [2.24, 2.45) is 0 Å². The summed E-state index contributed by atoms with van der Waals surface area (Å²) >= 11 is 24.5. The lowest BCUT2D eigenvalue weighted by molar-refractivity contribution is 1.26. The maximum Gasteiger partial charge on any atom is 0.0672 e. The van der Waals surface area contributed by atoms with Gasteiger partial charge in [-0.3, -0.25) is 0 Å². The molecule has 0 amide bonds. The lowest BCUT2D eigenvalue weighted by atomic mass is 9.98. The van der Waals surface area contributed by atoms with E-state index in [0.717, 1.165) is 5.56 Å². The third kappa shape index (κ3) is 2.99. The van der Waals surface area contributed by atoms with Crippen LogP contribution in [0.5, 0.6) is 0 Å². The Hall–Kier alpha value is -0.910. The summed E-state index contributed by atoms with van der Waals surface area (Å²) in [6, 6.07) is 10.7. The van der Waals surface area contributed by atoms with E-state index in [9.17, 15) is 0 Å². The molecule has 0 fully saturated rings. The molecular weight excluding hydrogens is 324 g/mol. The van der Waals surface area contributed by atoms with E-state index < -0.39 is 0 Å². The highest BCUT2D eigenvalue weighted by Gasteiger charge is 2.15. The fourth-order valence-corrected chi connectivity index (χ4v) is 2.83. The summed E-state index contributed by atoms with van der Waals surface area (Å²) in [5, 5.41) is 10.6. The Kier molecular flexibility index (Phi) is 4.60. The number of hydrogen-bond donors (Lipinski definition) is 0. The first-order chi connectivity index (χ1) is 9.04. The topological polar surface area (TPSA) is 23.8 Å². The predicted molar refractivity (Wildman–Crippen MR) is 81.2 cm³/mol. The van der Waals surface area contributed by atoms with Gasteiger partial charge in [-0.25, -0.2) is 0 Å². The molecule has 0 atom stereocenters. The van der Waals surface area contributed by atoms with Crippen LogP contribution in [0, 0.1) is 11.3 Å². The van der Waals surface area contributed by atoms with Crippen LogP contribution >= 0.6 is 46.4 Å². The lowest BCUT2D eigenvalue weighted by Crippen LogP contribution is -1.91. The van der Waals surface area contributed by atoms with Crippen molar-refractivity contribution < 1.29 is 0 Å². The first-order valence-corrected chi connectivity index (χ1v) is 6.85. The molecule has 96 valence electrons. The smallest absolute Gasteiger partial charge is 0.0672 e. The molecule has 0 saturated carbocycles. The maximum atomic E-state index is 8.88. The largest absolute Gasteiger partial charge is 0.198 e. The van der Waals surface area contributed by atoms with Gasteiger partial charge < -0.3 is 0 Å². The van der Waals surface area contributed by atoms with Crippen LogP contribution in [0.15, 0.2) is 30.3 Å². The number of rotatable bonds is 2. The summed E-state index contributed by atoms with van der Waals surface area (Å²) in [5.41, 5.74) is 2.12. The molecule has 0 N–H and O–H groups in total. The van der Waals surface area contributed by atoms with Gasteiger partial charge in [-0.2, -0.15) is 5.26 Å². The van der Waals surface area contributed by atoms with Crippen LogP contribution in [-0.4, -0.2) is 0 Å². The van der Waals surface area contributed by atoms with Crippen molar-refractivity contribution in [1.82, 2.24) is 0 Å². The molecule has 0 aliphatic rings. The Labute approximate surface area is 131 Å². The van der Waals surface area contributed by atoms with Crippen LogP contribution in [0.1, 0.15) is 5.56 Å². The molecule has 0 bridgehead atoms. The highest BCUT2D eigenvalue weighted by Crippen LogP contribution is 2.41. The molecule has 2 rings (SSSR count). The summed E-state index contributed by atoms with van der Waals surface area (Å²) in [4.78, 5) is 0. The molecule has 0 aliphatic carbocycles. The van der Waals surface area contributed by atoms with Crippen molar-refractivity contribution >= 4 is 46.4 Å². The zero-order chi connectivity index (χ0) is 14.0. The van der Waals surface area contributed by atoms with E-state index in [4.69, 9.17) is 51.7 Å². The average molecular weight is 331 g/mol. The quantitative estimate of drug-likeness (QED) is 0.616. The highest BCUT2D eigenvalue weighted by atomic mass is 35.5. The van der Waals surface area contributed by atoms with E-state index in [2.05, 4.69) is 6.07 Å². The van der Waals surface area contributed by atoms with E-state index in [1.807, 2.05) is 6.07 Å². The van der Waals surface area contributed by atoms with Crippen molar-refractivity contribution in [3.8, 4) is 17.2 Å². The first kappa shape index (κ1) is 14.5. The zero-order valence-electron chi connectivity index (χ0n) is 9.55. The Morgan fingerprint density at radius 1 is 1.00 bits per heavy atom. The number of nitriles is 1. The average Bonchev–Trinajstić information content (AvgIpc) is 2.35. The number of halogens is 4. The second-order valence-electron chi connectivity index (χ2n) is 3.86. The molecule has 2 aromatic carbocycles. The van der Waals surface area contributed by atoms with Gasteiger partial charge in [0.15, 0.2) is 0 Å². The molecule has 0 aromatic heterocycles. The van der Waals surface area contributed by atoms with Crippen LogP contribution in [0.4, 0.5) is 0 Å². The summed E-state index contributed by atoms with van der Waals surface area (Å²) < 4.78 is 0. The van der Waals surface area contributed by atoms with Gasteiger partial charge in [0.25, 0.3) is 0 Å². The monoisotopic (exact) mass is 329 g/mol. The van der Waals surface area contributed by atoms with Crippen LogP contribution in [0.25, 0.3) is 11.1 Å². The van der Waals surface area contributed by atoms with Gasteiger partial charge in [0.2, 0.25) is 0 Å². The van der Waals surface area contributed by atoms with Crippen molar-refractivity contribution in [2.45, 2.75) is 6.42 Å². The molecule has 0 saturated heterocycles. The molecule has 2 aromatic rings. The van der Waals surface area contributed by atoms with Crippen LogP contribution in [0.2, 0.25) is 20.1 Å². The Morgan fingerprint density at radius 3 is 2.42 bits per heavy atom. The molecule has 0 heterocycles. The first-order valence-electron chi connectivity index (χ1n) is 5.34. The molecule has 0 radical (unpaired) electrons. The molecule has 0 spiro atoms. The van der Waals surface area contributed by atoms with Gasteiger partial charge in [-0.05, 0) is 23.8 Å². The number of hydrogen-bond acceptors (Lipinski definition) is 1. The van der Waals surface area contributed by atoms with Crippen molar-refractivity contribution in [2.75, 3.05) is 0 Å². The Bertz CT molecular complexity index is 674. The normalized spacial score (nSPS) is 10.3. The van der Waals surface area contributed by atoms with Gasteiger partial charge in [0.05, 0.1) is 22.5 Å². The van der Waals surface area contributed by atoms with E-state index in [1.165, 1.54) is 0 Å². The van der Waals surface area contributed by atoms with Gasteiger partial charge in [0.1, 0.15) is 0 Å². The maximum absolute atomic E-state index is 8.88. The second-order valence-corrected chi connectivity index (χ2v) is 5.49. The minimum atomic E-state index is 0.232. The van der Waals surface area contributed by atoms with Gasteiger partial charge in [-0.15, -0.1) is 0 Å². The minimum Gasteiger partial charge on any atom is -0.198 e. The van der Waals surface area contributed by atoms with Crippen molar-refractivity contribution in [1.29, 1.82) is 5.26 Å². The van der Waals surface area contributed by atoms with E-state index in [0.29, 0.717) is 31.2 Å². The highest BCUT2D eigenvalue weighted by molar-refractivity contribution is 6.45. The minimum absolute atomic E-state index is 0.232. The van der Waals surface area contributed by atoms with E-state index >= 15 is 0 Å². The van der Waals surface area contributed by atoms with Crippen LogP contribution in [-0.2, 0) is 6.42 Å². The van der Waals surface area contributed by atoms with Crippen molar-refractivity contribution in [3.63, 3.8) is 0 Å². The Morgan fingerprint density at radius 2 is 1.74 bits per heavy atom. The summed E-state index contributed by atoms with van der Waals surface area (Å²) in [5.74, 6) is 0. The fraction of sp³-hybridized carbons (Fsp3) is 0.0714. The molecule has 0 aliphatic heterocycles. The van der Waals surface area contributed by atoms with Crippen molar-refractivity contribution in [3.05, 3.63) is 56.0 Å². The summed E-state index contributed by atoms with van der Waals surface area (Å²) in [6.07, 6.45) is 0.232. The predicted octanol–water partition coefficient (Wildman–Crippen LogP) is 6.03. The molecular formula is C14H7Cl4N.